The van der Waals surface area contributed by atoms with Gasteiger partial charge in [-0.25, -0.2) is 9.18 Å². The third-order valence-electron chi connectivity index (χ3n) is 5.35. The van der Waals surface area contributed by atoms with Gasteiger partial charge in [0.25, 0.3) is 5.91 Å². The number of carbonyl (C=O) groups excluding carboxylic acids is 2. The molecule has 1 aromatic heterocycles. The molecule has 0 saturated heterocycles. The number of carbonyl (C=O) groups is 2. The van der Waals surface area contributed by atoms with Gasteiger partial charge in [0.1, 0.15) is 24.2 Å². The van der Waals surface area contributed by atoms with E-state index in [1.807, 2.05) is 0 Å². The van der Waals surface area contributed by atoms with E-state index >= 15 is 0 Å². The predicted molar refractivity (Wildman–Crippen MR) is 130 cm³/mol. The van der Waals surface area contributed by atoms with Gasteiger partial charge in [-0.3, -0.25) is 4.79 Å². The highest BCUT2D eigenvalue weighted by atomic mass is 19.1. The van der Waals surface area contributed by atoms with E-state index in [0.29, 0.717) is 23.4 Å². The Balaban J connectivity index is 1.45. The third-order valence-corrected chi connectivity index (χ3v) is 5.35. The molecular formula is C26H26FN5O3. The normalized spacial score (nSPS) is 15.4. The Labute approximate surface area is 202 Å². The van der Waals surface area contributed by atoms with Crippen molar-refractivity contribution in [1.29, 1.82) is 0 Å². The largest absolute Gasteiger partial charge is 0.489 e. The SMILES string of the molecule is CN1C(=O)[C@@H](NC(=O)n2cc(Cc3ccc(F)cc3)cn2)COc2ccc(C#CC(C)(C)N)cc21. The zero-order valence-electron chi connectivity index (χ0n) is 19.7. The fourth-order valence-electron chi connectivity index (χ4n) is 3.53. The number of likely N-dealkylation sites (N-methyl/N-ethyl adjacent to an activating group) is 1. The summed E-state index contributed by atoms with van der Waals surface area (Å²) in [4.78, 5) is 27.3. The van der Waals surface area contributed by atoms with Crippen molar-refractivity contribution in [3.8, 4) is 17.6 Å². The van der Waals surface area contributed by atoms with E-state index in [2.05, 4.69) is 22.3 Å². The monoisotopic (exact) mass is 475 g/mol. The zero-order chi connectivity index (χ0) is 25.2. The Bertz CT molecular complexity index is 1320. The van der Waals surface area contributed by atoms with Crippen molar-refractivity contribution >= 4 is 17.6 Å². The highest BCUT2D eigenvalue weighted by molar-refractivity contribution is 6.00. The number of benzene rings is 2. The summed E-state index contributed by atoms with van der Waals surface area (Å²) in [6, 6.07) is 9.93. The van der Waals surface area contributed by atoms with Crippen LogP contribution in [0.1, 0.15) is 30.5 Å². The summed E-state index contributed by atoms with van der Waals surface area (Å²) in [5.41, 5.74) is 8.18. The molecule has 8 nitrogen and oxygen atoms in total. The fraction of sp³-hybridized carbons (Fsp3) is 0.269. The number of nitrogens with one attached hydrogen (secondary N) is 1. The summed E-state index contributed by atoms with van der Waals surface area (Å²) in [6.07, 6.45) is 3.62. The number of fused-ring (bicyclic) bond motifs is 1. The summed E-state index contributed by atoms with van der Waals surface area (Å²) in [5.74, 6) is 5.84. The van der Waals surface area contributed by atoms with Crippen LogP contribution in [0.25, 0.3) is 0 Å². The Kier molecular flexibility index (Phi) is 6.58. The van der Waals surface area contributed by atoms with Gasteiger partial charge in [-0.1, -0.05) is 24.0 Å². The van der Waals surface area contributed by atoms with Crippen LogP contribution < -0.4 is 20.7 Å². The van der Waals surface area contributed by atoms with Crippen LogP contribution in [0, 0.1) is 17.7 Å². The third kappa shape index (κ3) is 5.86. The molecule has 1 aliphatic heterocycles. The second-order valence-corrected chi connectivity index (χ2v) is 8.96. The van der Waals surface area contributed by atoms with E-state index in [-0.39, 0.29) is 18.3 Å². The lowest BCUT2D eigenvalue weighted by Crippen LogP contribution is -2.50. The summed E-state index contributed by atoms with van der Waals surface area (Å²) in [6.45, 7) is 3.58. The van der Waals surface area contributed by atoms with Gasteiger partial charge in [0.2, 0.25) is 0 Å². The van der Waals surface area contributed by atoms with Crippen LogP contribution in [0.15, 0.2) is 54.9 Å². The number of halogens is 1. The van der Waals surface area contributed by atoms with Crippen molar-refractivity contribution in [2.24, 2.45) is 5.73 Å². The maximum absolute atomic E-state index is 13.1. The molecule has 4 rings (SSSR count). The minimum atomic E-state index is -0.915. The van der Waals surface area contributed by atoms with E-state index in [0.717, 1.165) is 15.8 Å². The minimum Gasteiger partial charge on any atom is -0.489 e. The van der Waals surface area contributed by atoms with Crippen molar-refractivity contribution in [3.05, 3.63) is 77.4 Å². The first kappa shape index (κ1) is 24.0. The van der Waals surface area contributed by atoms with Crippen LogP contribution in [0.3, 0.4) is 0 Å². The van der Waals surface area contributed by atoms with Crippen molar-refractivity contribution in [2.45, 2.75) is 31.8 Å². The van der Waals surface area contributed by atoms with Gasteiger partial charge in [0, 0.05) is 25.2 Å². The summed E-state index contributed by atoms with van der Waals surface area (Å²) in [5, 5.41) is 6.78. The molecule has 0 fully saturated rings. The Morgan fingerprint density at radius 2 is 2.00 bits per heavy atom. The molecule has 2 aromatic carbocycles. The van der Waals surface area contributed by atoms with Crippen LogP contribution >= 0.6 is 0 Å². The van der Waals surface area contributed by atoms with Crippen molar-refractivity contribution < 1.29 is 18.7 Å². The van der Waals surface area contributed by atoms with Crippen LogP contribution in [0.4, 0.5) is 14.9 Å². The molecule has 3 aromatic rings. The van der Waals surface area contributed by atoms with E-state index in [4.69, 9.17) is 10.5 Å². The molecule has 0 radical (unpaired) electrons. The molecule has 0 bridgehead atoms. The smallest absolute Gasteiger partial charge is 0.342 e. The molecule has 1 aliphatic rings. The van der Waals surface area contributed by atoms with E-state index in [1.54, 1.807) is 63.6 Å². The number of amides is 2. The van der Waals surface area contributed by atoms with Crippen LogP contribution in [-0.2, 0) is 11.2 Å². The number of ether oxygens (including phenoxy) is 1. The predicted octanol–water partition coefficient (Wildman–Crippen LogP) is 2.68. The molecule has 9 heteroatoms. The Hall–Kier alpha value is -4.16. The van der Waals surface area contributed by atoms with E-state index in [1.165, 1.54) is 17.0 Å². The standard InChI is InChI=1S/C26H26FN5O3/c1-26(2,28)11-10-18-6-9-23-22(13-18)31(3)24(33)21(16-35-23)30-25(34)32-15-19(14-29-32)12-17-4-7-20(27)8-5-17/h4-9,13-15,21H,12,16,28H2,1-3H3,(H,30,34)/t21-/m0/s1. The summed E-state index contributed by atoms with van der Waals surface area (Å²) < 4.78 is 20.1. The van der Waals surface area contributed by atoms with Crippen molar-refractivity contribution in [2.75, 3.05) is 18.6 Å². The Morgan fingerprint density at radius 3 is 2.71 bits per heavy atom. The van der Waals surface area contributed by atoms with Crippen molar-refractivity contribution in [3.63, 3.8) is 0 Å². The number of aromatic nitrogens is 2. The topological polar surface area (TPSA) is 102 Å². The maximum Gasteiger partial charge on any atom is 0.342 e. The van der Waals surface area contributed by atoms with Gasteiger partial charge in [-0.15, -0.1) is 0 Å². The molecule has 0 aliphatic carbocycles. The quantitative estimate of drug-likeness (QED) is 0.567. The molecule has 0 unspecified atom stereocenters. The number of nitrogens with two attached hydrogens (primary N) is 1. The van der Waals surface area contributed by atoms with Gasteiger partial charge in [0.15, 0.2) is 0 Å². The van der Waals surface area contributed by atoms with Gasteiger partial charge >= 0.3 is 6.03 Å². The molecule has 0 spiro atoms. The molecule has 2 heterocycles. The minimum absolute atomic E-state index is 0.0352. The first-order chi connectivity index (χ1) is 16.6. The zero-order valence-corrected chi connectivity index (χ0v) is 19.7. The van der Waals surface area contributed by atoms with E-state index < -0.39 is 17.6 Å². The second-order valence-electron chi connectivity index (χ2n) is 8.96. The van der Waals surface area contributed by atoms with Gasteiger partial charge in [-0.2, -0.15) is 9.78 Å². The number of anilines is 1. The lowest BCUT2D eigenvalue weighted by molar-refractivity contribution is -0.120. The Morgan fingerprint density at radius 1 is 1.26 bits per heavy atom. The summed E-state index contributed by atoms with van der Waals surface area (Å²) >= 11 is 0. The number of hydrogen-bond donors (Lipinski definition) is 2. The number of rotatable bonds is 3. The van der Waals surface area contributed by atoms with Crippen LogP contribution in [-0.4, -0.2) is 47.0 Å². The van der Waals surface area contributed by atoms with Gasteiger partial charge in [-0.05, 0) is 55.3 Å². The number of hydrogen-bond acceptors (Lipinski definition) is 5. The van der Waals surface area contributed by atoms with Crippen LogP contribution in [0.2, 0.25) is 0 Å². The highest BCUT2D eigenvalue weighted by Crippen LogP contribution is 2.31. The highest BCUT2D eigenvalue weighted by Gasteiger charge is 2.31. The lowest BCUT2D eigenvalue weighted by atomic mass is 10.1. The van der Waals surface area contributed by atoms with Gasteiger partial charge in [0.05, 0.1) is 17.4 Å². The maximum atomic E-state index is 13.1. The molecule has 35 heavy (non-hydrogen) atoms. The average Bonchev–Trinajstić information content (AvgIpc) is 3.25. The summed E-state index contributed by atoms with van der Waals surface area (Å²) in [7, 11) is 1.62. The fourth-order valence-corrected chi connectivity index (χ4v) is 3.53. The lowest BCUT2D eigenvalue weighted by Gasteiger charge is -2.20. The number of nitrogens with zero attached hydrogens (tertiary/aromatic N) is 3. The first-order valence-electron chi connectivity index (χ1n) is 11.0. The molecule has 3 N–H and O–H groups in total. The molecule has 2 amide bonds. The second kappa shape index (κ2) is 9.60. The van der Waals surface area contributed by atoms with Gasteiger partial charge < -0.3 is 20.7 Å². The molecular weight excluding hydrogens is 449 g/mol. The molecule has 180 valence electrons. The molecule has 1 atom stereocenters. The average molecular weight is 476 g/mol. The van der Waals surface area contributed by atoms with E-state index in [9.17, 15) is 14.0 Å². The van der Waals surface area contributed by atoms with Crippen molar-refractivity contribution in [1.82, 2.24) is 15.1 Å². The molecule has 0 saturated carbocycles. The first-order valence-corrected chi connectivity index (χ1v) is 11.0. The van der Waals surface area contributed by atoms with Crippen LogP contribution in [0.5, 0.6) is 5.75 Å².